The van der Waals surface area contributed by atoms with Gasteiger partial charge in [0.05, 0.1) is 11.7 Å². The highest BCUT2D eigenvalue weighted by Crippen LogP contribution is 2.39. The Kier molecular flexibility index (Phi) is 6.27. The largest absolute Gasteiger partial charge is 0.487 e. The van der Waals surface area contributed by atoms with Gasteiger partial charge in [-0.25, -0.2) is 0 Å². The van der Waals surface area contributed by atoms with Crippen LogP contribution >= 0.6 is 0 Å². The summed E-state index contributed by atoms with van der Waals surface area (Å²) in [7, 11) is 0. The van der Waals surface area contributed by atoms with Crippen molar-refractivity contribution in [2.75, 3.05) is 13.1 Å². The summed E-state index contributed by atoms with van der Waals surface area (Å²) in [5, 5.41) is 11.0. The number of hydrogen-bond donors (Lipinski definition) is 2. The van der Waals surface area contributed by atoms with Crippen molar-refractivity contribution in [2.24, 2.45) is 4.99 Å². The van der Waals surface area contributed by atoms with Gasteiger partial charge in [-0.15, -0.1) is 0 Å². The molecule has 0 amide bonds. The van der Waals surface area contributed by atoms with E-state index in [1.165, 1.54) is 11.1 Å². The third-order valence-corrected chi connectivity index (χ3v) is 5.07. The van der Waals surface area contributed by atoms with Gasteiger partial charge in [-0.2, -0.15) is 0 Å². The molecule has 0 fully saturated rings. The average molecular weight is 385 g/mol. The average Bonchev–Trinajstić information content (AvgIpc) is 2.96. The van der Waals surface area contributed by atoms with E-state index in [4.69, 9.17) is 14.3 Å². The summed E-state index contributed by atoms with van der Waals surface area (Å²) in [6.45, 7) is 11.9. The molecule has 2 N–H and O–H groups in total. The molecule has 6 nitrogen and oxygen atoms in total. The Morgan fingerprint density at radius 2 is 2.07 bits per heavy atom. The van der Waals surface area contributed by atoms with E-state index in [9.17, 15) is 0 Å². The lowest BCUT2D eigenvalue weighted by Gasteiger charge is -2.38. The molecule has 0 saturated heterocycles. The van der Waals surface area contributed by atoms with Crippen LogP contribution in [0, 0.1) is 13.8 Å². The number of hydrogen-bond acceptors (Lipinski definition) is 4. The normalized spacial score (nSPS) is 18.3. The molecule has 0 bridgehead atoms. The van der Waals surface area contributed by atoms with Gasteiger partial charge < -0.3 is 19.9 Å². The zero-order valence-electron chi connectivity index (χ0n) is 17.6. The summed E-state index contributed by atoms with van der Waals surface area (Å²) in [6.07, 6.45) is 2.76. The molecule has 0 aliphatic carbocycles. The molecule has 3 rings (SSSR count). The summed E-state index contributed by atoms with van der Waals surface area (Å²) in [4.78, 5) is 4.79. The summed E-state index contributed by atoms with van der Waals surface area (Å²) < 4.78 is 11.4. The number of ether oxygens (including phenoxy) is 1. The molecule has 1 aliphatic heterocycles. The molecule has 6 heteroatoms. The Morgan fingerprint density at radius 3 is 2.79 bits per heavy atom. The maximum absolute atomic E-state index is 6.14. The highest BCUT2D eigenvalue weighted by molar-refractivity contribution is 5.80. The lowest BCUT2D eigenvalue weighted by molar-refractivity contribution is 0.0694. The van der Waals surface area contributed by atoms with Crippen LogP contribution in [0.1, 0.15) is 62.2 Å². The number of aromatic nitrogens is 1. The Bertz CT molecular complexity index is 806. The third kappa shape index (κ3) is 4.86. The predicted octanol–water partition coefficient (Wildman–Crippen LogP) is 4.08. The van der Waals surface area contributed by atoms with E-state index in [1.807, 2.05) is 26.0 Å². The molecule has 2 heterocycles. The Hall–Kier alpha value is -2.50. The molecule has 2 aromatic rings. The van der Waals surface area contributed by atoms with Crippen molar-refractivity contribution >= 4 is 5.96 Å². The zero-order valence-corrected chi connectivity index (χ0v) is 17.6. The third-order valence-electron chi connectivity index (χ3n) is 5.07. The molecule has 0 saturated carbocycles. The second-order valence-electron chi connectivity index (χ2n) is 7.97. The topological polar surface area (TPSA) is 71.7 Å². The number of rotatable bonds is 6. The first-order valence-electron chi connectivity index (χ1n) is 10.1. The van der Waals surface area contributed by atoms with Crippen LogP contribution in [0.2, 0.25) is 0 Å². The van der Waals surface area contributed by atoms with Crippen LogP contribution in [0.5, 0.6) is 5.75 Å². The van der Waals surface area contributed by atoms with E-state index in [0.717, 1.165) is 55.5 Å². The van der Waals surface area contributed by atoms with E-state index in [2.05, 4.69) is 48.7 Å². The van der Waals surface area contributed by atoms with Crippen molar-refractivity contribution < 1.29 is 9.26 Å². The monoisotopic (exact) mass is 384 g/mol. The predicted molar refractivity (Wildman–Crippen MR) is 112 cm³/mol. The minimum Gasteiger partial charge on any atom is -0.487 e. The summed E-state index contributed by atoms with van der Waals surface area (Å²) in [5.74, 6) is 2.71. The first-order valence-corrected chi connectivity index (χ1v) is 10.1. The Morgan fingerprint density at radius 1 is 1.29 bits per heavy atom. The maximum atomic E-state index is 6.14. The van der Waals surface area contributed by atoms with Crippen LogP contribution in [0.3, 0.4) is 0 Å². The molecule has 0 spiro atoms. The zero-order chi connectivity index (χ0) is 20.1. The fraction of sp³-hybridized carbons (Fsp3) is 0.545. The number of fused-ring (bicyclic) bond motifs is 1. The highest BCUT2D eigenvalue weighted by atomic mass is 16.5. The van der Waals surface area contributed by atoms with Crippen LogP contribution < -0.4 is 15.4 Å². The molecular formula is C22H32N4O2. The van der Waals surface area contributed by atoms with Crippen molar-refractivity contribution in [3.63, 3.8) is 0 Å². The molecule has 1 atom stereocenters. The number of nitrogens with zero attached hydrogens (tertiary/aromatic N) is 2. The van der Waals surface area contributed by atoms with Gasteiger partial charge in [-0.05, 0) is 53.5 Å². The molecule has 1 aromatic carbocycles. The van der Waals surface area contributed by atoms with Crippen LogP contribution in [-0.2, 0) is 6.42 Å². The first kappa shape index (κ1) is 20.2. The van der Waals surface area contributed by atoms with Crippen LogP contribution in [-0.4, -0.2) is 29.8 Å². The van der Waals surface area contributed by atoms with Crippen LogP contribution in [0.25, 0.3) is 0 Å². The summed E-state index contributed by atoms with van der Waals surface area (Å²) in [5.41, 5.74) is 3.15. The SMILES string of the molecule is CCNC(=NCCCc1c(C)noc1C)NC1CC(C)(C)Oc2ccccc21. The standard InChI is InChI=1S/C22H32N4O2/c1-6-23-21(24-13-9-11-17-15(2)26-28-16(17)3)25-19-14-22(4,5)27-20-12-8-7-10-18(19)20/h7-8,10,12,19H,6,9,11,13-14H2,1-5H3,(H2,23,24,25). The number of nitrogens with one attached hydrogen (secondary N) is 2. The van der Waals surface area contributed by atoms with Gasteiger partial charge in [0.15, 0.2) is 5.96 Å². The van der Waals surface area contributed by atoms with Gasteiger partial charge >= 0.3 is 0 Å². The summed E-state index contributed by atoms with van der Waals surface area (Å²) >= 11 is 0. The molecular weight excluding hydrogens is 352 g/mol. The van der Waals surface area contributed by atoms with Crippen molar-refractivity contribution in [2.45, 2.75) is 65.5 Å². The van der Waals surface area contributed by atoms with Crippen molar-refractivity contribution in [1.82, 2.24) is 15.8 Å². The van der Waals surface area contributed by atoms with Crippen LogP contribution in [0.4, 0.5) is 0 Å². The number of aliphatic imine (C=N–C) groups is 1. The molecule has 152 valence electrons. The smallest absolute Gasteiger partial charge is 0.191 e. The fourth-order valence-corrected chi connectivity index (χ4v) is 3.72. The lowest BCUT2D eigenvalue weighted by atomic mass is 9.90. The van der Waals surface area contributed by atoms with E-state index in [0.29, 0.717) is 0 Å². The lowest BCUT2D eigenvalue weighted by Crippen LogP contribution is -2.45. The second kappa shape index (κ2) is 8.67. The van der Waals surface area contributed by atoms with E-state index >= 15 is 0 Å². The minimum absolute atomic E-state index is 0.167. The van der Waals surface area contributed by atoms with Gasteiger partial charge in [0.25, 0.3) is 0 Å². The molecule has 28 heavy (non-hydrogen) atoms. The molecule has 1 aliphatic rings. The number of benzene rings is 1. The number of para-hydroxylation sites is 1. The molecule has 1 aromatic heterocycles. The van der Waals surface area contributed by atoms with E-state index < -0.39 is 0 Å². The highest BCUT2D eigenvalue weighted by Gasteiger charge is 2.33. The second-order valence-corrected chi connectivity index (χ2v) is 7.97. The van der Waals surface area contributed by atoms with Crippen molar-refractivity contribution in [1.29, 1.82) is 0 Å². The van der Waals surface area contributed by atoms with Gasteiger partial charge in [0.2, 0.25) is 0 Å². The van der Waals surface area contributed by atoms with Gasteiger partial charge in [0.1, 0.15) is 17.1 Å². The molecule has 1 unspecified atom stereocenters. The van der Waals surface area contributed by atoms with Crippen LogP contribution in [0.15, 0.2) is 33.8 Å². The maximum Gasteiger partial charge on any atom is 0.191 e. The Labute approximate surface area is 167 Å². The van der Waals surface area contributed by atoms with Gasteiger partial charge in [-0.3, -0.25) is 4.99 Å². The Balaban J connectivity index is 1.66. The van der Waals surface area contributed by atoms with Gasteiger partial charge in [-0.1, -0.05) is 23.4 Å². The summed E-state index contributed by atoms with van der Waals surface area (Å²) in [6, 6.07) is 8.41. The van der Waals surface area contributed by atoms with Gasteiger partial charge in [0, 0.05) is 30.6 Å². The fourth-order valence-electron chi connectivity index (χ4n) is 3.72. The van der Waals surface area contributed by atoms with Crippen molar-refractivity contribution in [3.8, 4) is 5.75 Å². The molecule has 0 radical (unpaired) electrons. The number of guanidine groups is 1. The quantitative estimate of drug-likeness (QED) is 0.446. The minimum atomic E-state index is -0.216. The first-order chi connectivity index (χ1) is 13.4. The van der Waals surface area contributed by atoms with E-state index in [-0.39, 0.29) is 11.6 Å². The van der Waals surface area contributed by atoms with Crippen molar-refractivity contribution in [3.05, 3.63) is 46.8 Å². The number of aryl methyl sites for hydroxylation is 2. The van der Waals surface area contributed by atoms with E-state index in [1.54, 1.807) is 0 Å².